The summed E-state index contributed by atoms with van der Waals surface area (Å²) in [6.07, 6.45) is 6.79. The van der Waals surface area contributed by atoms with Crippen molar-refractivity contribution in [2.24, 2.45) is 0 Å². The molecule has 0 amide bonds. The first-order valence-corrected chi connectivity index (χ1v) is 25.8. The molecule has 14 nitrogen and oxygen atoms in total. The van der Waals surface area contributed by atoms with Crippen LogP contribution in [-0.2, 0) is 20.0 Å². The normalized spacial score (nSPS) is 18.7. The Kier molecular flexibility index (Phi) is 15.5. The number of aliphatic hydroxyl groups excluding tert-OH is 2. The molecular weight excluding hydrogens is 885 g/mol. The van der Waals surface area contributed by atoms with Crippen LogP contribution in [0.15, 0.2) is 117 Å². The topological polar surface area (TPSA) is 204 Å². The Labute approximate surface area is 367 Å². The predicted octanol–water partition coefficient (Wildman–Crippen LogP) is 4.94. The predicted molar refractivity (Wildman–Crippen MR) is 249 cm³/mol. The summed E-state index contributed by atoms with van der Waals surface area (Å²) in [5, 5.41) is 43.8. The van der Waals surface area contributed by atoms with E-state index in [1.807, 2.05) is 72.4 Å². The van der Waals surface area contributed by atoms with Gasteiger partial charge in [0.25, 0.3) is 0 Å². The van der Waals surface area contributed by atoms with Gasteiger partial charge in [0.15, 0.2) is 0 Å². The molecule has 0 spiro atoms. The smallest absolute Gasteiger partial charge is 0.240 e. The zero-order valence-electron chi connectivity index (χ0n) is 32.8. The largest absolute Gasteiger partial charge is 0.395 e. The highest BCUT2D eigenvalue weighted by Gasteiger charge is 2.35. The molecule has 0 radical (unpaired) electrons. The second-order valence-corrected chi connectivity index (χ2v) is 22.5. The van der Waals surface area contributed by atoms with Crippen molar-refractivity contribution in [1.82, 2.24) is 9.44 Å². The van der Waals surface area contributed by atoms with E-state index in [1.165, 1.54) is 45.9 Å². The van der Waals surface area contributed by atoms with E-state index in [9.17, 15) is 27.0 Å². The van der Waals surface area contributed by atoms with Crippen LogP contribution in [0, 0.1) is 0 Å². The van der Waals surface area contributed by atoms with Crippen molar-refractivity contribution in [3.8, 4) is 0 Å². The van der Waals surface area contributed by atoms with Crippen molar-refractivity contribution in [2.75, 3.05) is 85.4 Å². The number of anilines is 4. The molecule has 2 atom stereocenters. The van der Waals surface area contributed by atoms with Crippen LogP contribution in [0.25, 0.3) is 12.2 Å². The summed E-state index contributed by atoms with van der Waals surface area (Å²) in [7, 11) is -1.04. The Bertz CT molecular complexity index is 2220. The van der Waals surface area contributed by atoms with Gasteiger partial charge in [0.05, 0.1) is 34.4 Å². The molecule has 2 aliphatic heterocycles. The molecule has 2 unspecified atom stereocenters. The van der Waals surface area contributed by atoms with Gasteiger partial charge in [-0.1, -0.05) is 81.5 Å². The van der Waals surface area contributed by atoms with E-state index in [0.717, 1.165) is 46.0 Å². The molecule has 4 aromatic carbocycles. The lowest BCUT2D eigenvalue weighted by Crippen LogP contribution is -2.27. The summed E-state index contributed by atoms with van der Waals surface area (Å²) in [5.41, 5.74) is 4.86. The van der Waals surface area contributed by atoms with Crippen LogP contribution in [0.5, 0.6) is 0 Å². The van der Waals surface area contributed by atoms with Crippen molar-refractivity contribution in [2.45, 2.75) is 29.7 Å². The molecule has 0 aliphatic carbocycles. The fourth-order valence-electron chi connectivity index (χ4n) is 6.01. The summed E-state index contributed by atoms with van der Waals surface area (Å²) >= 11 is 2.20. The number of thioether (sulfide) groups is 2. The first-order chi connectivity index (χ1) is 28.6. The van der Waals surface area contributed by atoms with E-state index in [2.05, 4.69) is 20.1 Å². The number of benzene rings is 4. The fourth-order valence-corrected chi connectivity index (χ4v) is 12.4. The molecule has 4 aromatic rings. The minimum absolute atomic E-state index is 0.0547. The average molecular weight is 933 g/mol. The monoisotopic (exact) mass is 932 g/mol. The van der Waals surface area contributed by atoms with Crippen LogP contribution >= 0.6 is 45.1 Å². The molecule has 0 aromatic heterocycles. The Balaban J connectivity index is 0.904. The second kappa shape index (κ2) is 20.2. The maximum atomic E-state index is 13.1. The highest BCUT2D eigenvalue weighted by molar-refractivity contribution is 8.76. The van der Waals surface area contributed by atoms with E-state index in [1.54, 1.807) is 36.4 Å². The zero-order valence-corrected chi connectivity index (χ0v) is 37.7. The van der Waals surface area contributed by atoms with E-state index >= 15 is 0 Å². The van der Waals surface area contributed by atoms with Crippen molar-refractivity contribution >= 4 is 100 Å². The van der Waals surface area contributed by atoms with E-state index in [0.29, 0.717) is 45.8 Å². The third-order valence-electron chi connectivity index (χ3n) is 9.27. The minimum atomic E-state index is -3.83. The van der Waals surface area contributed by atoms with Crippen LogP contribution in [0.3, 0.4) is 0 Å². The van der Waals surface area contributed by atoms with E-state index in [4.69, 9.17) is 10.2 Å². The molecule has 0 fully saturated rings. The first kappa shape index (κ1) is 46.1. The summed E-state index contributed by atoms with van der Waals surface area (Å²) in [4.78, 5) is 5.19. The van der Waals surface area contributed by atoms with Crippen molar-refractivity contribution in [3.63, 3.8) is 0 Å². The molecule has 2 aliphatic rings. The Hall–Kier alpha value is -3.38. The van der Waals surface area contributed by atoms with Gasteiger partial charge in [-0.15, -0.1) is 0 Å². The molecule has 0 saturated heterocycles. The standard InChI is InChI=1S/C40H48N6O8S6/c1-45(21-23-47)31-7-3-29(4-8-31)15-17-39(49)43-35-13-11-33(27-37(35)57-39)59(51,52)41-19-25-55-56-26-20-42-60(53,54)34-12-14-36-38(28-34)58-40(50,44-36)18-16-30-5-9-32(10-6-30)46(2)22-24-48/h3-18,27-28,41-44,47-50H,19-26H2,1-2H3/b17-15+,18-16+. The van der Waals surface area contributed by atoms with Crippen LogP contribution in [0.1, 0.15) is 11.1 Å². The highest BCUT2D eigenvalue weighted by Crippen LogP contribution is 2.47. The Morgan fingerprint density at radius 1 is 0.633 bits per heavy atom. The average Bonchev–Trinajstić information content (AvgIpc) is 3.75. The van der Waals surface area contributed by atoms with Crippen LogP contribution < -0.4 is 29.9 Å². The van der Waals surface area contributed by atoms with Crippen LogP contribution in [0.4, 0.5) is 22.7 Å². The SMILES string of the molecule is CN(CCO)c1ccc(/C=C/C2(O)Nc3ccc(S(=O)(=O)NCCSSCCNS(=O)(=O)c4ccc5c(c4)SC(O)(/C=C/c4ccc(N(C)CCO)cc4)N5)cc3S2)cc1. The molecule has 322 valence electrons. The Morgan fingerprint density at radius 3 is 1.38 bits per heavy atom. The van der Waals surface area contributed by atoms with Gasteiger partial charge in [-0.05, 0) is 83.9 Å². The molecular formula is C40H48N6O8S6. The van der Waals surface area contributed by atoms with Gasteiger partial charge in [0, 0.05) is 72.9 Å². The number of nitrogens with zero attached hydrogens (tertiary/aromatic N) is 2. The van der Waals surface area contributed by atoms with Crippen LogP contribution in [-0.4, -0.2) is 112 Å². The molecule has 60 heavy (non-hydrogen) atoms. The van der Waals surface area contributed by atoms with Gasteiger partial charge in [0.1, 0.15) is 0 Å². The zero-order chi connectivity index (χ0) is 43.0. The molecule has 20 heteroatoms. The number of rotatable bonds is 21. The van der Waals surface area contributed by atoms with Gasteiger partial charge in [-0.2, -0.15) is 0 Å². The molecule has 0 saturated carbocycles. The number of likely N-dealkylation sites (N-methyl/N-ethyl adjacent to an activating group) is 2. The second-order valence-electron chi connectivity index (χ2n) is 13.7. The lowest BCUT2D eigenvalue weighted by molar-refractivity contribution is 0.221. The third kappa shape index (κ3) is 12.2. The van der Waals surface area contributed by atoms with Crippen molar-refractivity contribution < 1.29 is 37.3 Å². The van der Waals surface area contributed by atoms with E-state index < -0.39 is 30.2 Å². The first-order valence-electron chi connectivity index (χ1n) is 18.7. The Morgan fingerprint density at radius 2 is 1.02 bits per heavy atom. The minimum Gasteiger partial charge on any atom is -0.395 e. The van der Waals surface area contributed by atoms with Gasteiger partial charge >= 0.3 is 0 Å². The van der Waals surface area contributed by atoms with Gasteiger partial charge in [-0.25, -0.2) is 26.3 Å². The van der Waals surface area contributed by atoms with Crippen molar-refractivity contribution in [1.29, 1.82) is 0 Å². The lowest BCUT2D eigenvalue weighted by atomic mass is 10.2. The molecule has 8 N–H and O–H groups in total. The molecule has 0 bridgehead atoms. The van der Waals surface area contributed by atoms with Gasteiger partial charge in [0.2, 0.25) is 30.2 Å². The summed E-state index contributed by atoms with van der Waals surface area (Å²) < 4.78 is 57.6. The number of hydrogen-bond acceptors (Lipinski definition) is 16. The quantitative estimate of drug-likeness (QED) is 0.0412. The van der Waals surface area contributed by atoms with Crippen LogP contribution in [0.2, 0.25) is 0 Å². The molecule has 2 heterocycles. The number of nitrogens with one attached hydrogen (secondary N) is 4. The maximum Gasteiger partial charge on any atom is 0.240 e. The number of hydrogen-bond donors (Lipinski definition) is 8. The molecule has 6 rings (SSSR count). The summed E-state index contributed by atoms with van der Waals surface area (Å²) in [5.74, 6) is 0.891. The number of aliphatic hydroxyl groups is 4. The van der Waals surface area contributed by atoms with Gasteiger partial charge < -0.3 is 40.9 Å². The van der Waals surface area contributed by atoms with E-state index in [-0.39, 0.29) is 36.1 Å². The number of sulfonamides is 2. The third-order valence-corrected chi connectivity index (χ3v) is 16.8. The summed E-state index contributed by atoms with van der Waals surface area (Å²) in [6, 6.07) is 24.6. The maximum absolute atomic E-state index is 13.1. The van der Waals surface area contributed by atoms with Gasteiger partial charge in [-0.3, -0.25) is 0 Å². The lowest BCUT2D eigenvalue weighted by Gasteiger charge is -2.18. The summed E-state index contributed by atoms with van der Waals surface area (Å²) in [6.45, 7) is 1.46. The van der Waals surface area contributed by atoms with Crippen molar-refractivity contribution in [3.05, 3.63) is 108 Å². The number of fused-ring (bicyclic) bond motifs is 2. The highest BCUT2D eigenvalue weighted by atomic mass is 33.1. The fraction of sp³-hybridized carbons (Fsp3) is 0.300.